The fourth-order valence-electron chi connectivity index (χ4n) is 3.26. The maximum absolute atomic E-state index is 12.6. The molecule has 2 aromatic carbocycles. The SMILES string of the molecule is CCOC(=O)C1=C(C)OC(N)=C(C#N)C1c1c(O)ccc2cc(Br)ccc12. The number of benzene rings is 2. The van der Waals surface area contributed by atoms with E-state index >= 15 is 0 Å². The van der Waals surface area contributed by atoms with Gasteiger partial charge in [-0.2, -0.15) is 5.26 Å². The quantitative estimate of drug-likeness (QED) is 0.716. The Labute approximate surface area is 164 Å². The summed E-state index contributed by atoms with van der Waals surface area (Å²) < 4.78 is 11.4. The second-order valence-electron chi connectivity index (χ2n) is 5.98. The van der Waals surface area contributed by atoms with Gasteiger partial charge in [0.1, 0.15) is 23.2 Å². The number of nitriles is 1. The van der Waals surface area contributed by atoms with Crippen LogP contribution in [-0.4, -0.2) is 17.7 Å². The van der Waals surface area contributed by atoms with Gasteiger partial charge < -0.3 is 20.3 Å². The van der Waals surface area contributed by atoms with Gasteiger partial charge >= 0.3 is 5.97 Å². The first-order valence-electron chi connectivity index (χ1n) is 8.25. The zero-order chi connectivity index (χ0) is 19.7. The van der Waals surface area contributed by atoms with Crippen molar-refractivity contribution in [2.24, 2.45) is 5.73 Å². The predicted molar refractivity (Wildman–Crippen MR) is 103 cm³/mol. The number of nitrogens with zero attached hydrogens (tertiary/aromatic N) is 1. The van der Waals surface area contributed by atoms with Crippen LogP contribution in [-0.2, 0) is 14.3 Å². The molecule has 1 aliphatic rings. The molecule has 0 fully saturated rings. The third-order valence-electron chi connectivity index (χ3n) is 4.39. The van der Waals surface area contributed by atoms with Gasteiger partial charge in [-0.3, -0.25) is 0 Å². The highest BCUT2D eigenvalue weighted by Crippen LogP contribution is 2.45. The summed E-state index contributed by atoms with van der Waals surface area (Å²) in [6.45, 7) is 3.44. The third-order valence-corrected chi connectivity index (χ3v) is 4.88. The van der Waals surface area contributed by atoms with Gasteiger partial charge in [-0.05, 0) is 42.8 Å². The van der Waals surface area contributed by atoms with E-state index in [2.05, 4.69) is 15.9 Å². The van der Waals surface area contributed by atoms with Crippen LogP contribution in [0.25, 0.3) is 10.8 Å². The van der Waals surface area contributed by atoms with E-state index in [0.29, 0.717) is 10.9 Å². The largest absolute Gasteiger partial charge is 0.508 e. The monoisotopic (exact) mass is 428 g/mol. The molecule has 0 saturated carbocycles. The number of fused-ring (bicyclic) bond motifs is 1. The van der Waals surface area contributed by atoms with Crippen molar-refractivity contribution in [2.45, 2.75) is 19.8 Å². The van der Waals surface area contributed by atoms with Crippen LogP contribution >= 0.6 is 15.9 Å². The number of aromatic hydroxyl groups is 1. The average Bonchev–Trinajstić information content (AvgIpc) is 2.61. The molecule has 0 saturated heterocycles. The molecule has 0 amide bonds. The summed E-state index contributed by atoms with van der Waals surface area (Å²) in [7, 11) is 0. The number of ether oxygens (including phenoxy) is 2. The van der Waals surface area contributed by atoms with Crippen LogP contribution in [0.1, 0.15) is 25.3 Å². The second-order valence-corrected chi connectivity index (χ2v) is 6.89. The van der Waals surface area contributed by atoms with E-state index in [0.717, 1.165) is 9.86 Å². The fraction of sp³-hybridized carbons (Fsp3) is 0.200. The van der Waals surface area contributed by atoms with Crippen molar-refractivity contribution in [1.82, 2.24) is 0 Å². The van der Waals surface area contributed by atoms with Gasteiger partial charge in [0, 0.05) is 10.0 Å². The molecule has 0 aliphatic carbocycles. The molecule has 1 aliphatic heterocycles. The number of halogens is 1. The molecule has 27 heavy (non-hydrogen) atoms. The molecule has 2 aromatic rings. The van der Waals surface area contributed by atoms with Crippen molar-refractivity contribution in [2.75, 3.05) is 6.61 Å². The van der Waals surface area contributed by atoms with Gasteiger partial charge in [0.2, 0.25) is 5.88 Å². The molecule has 0 radical (unpaired) electrons. The molecule has 0 aromatic heterocycles. The normalized spacial score (nSPS) is 16.9. The lowest BCUT2D eigenvalue weighted by Gasteiger charge is -2.28. The molecule has 3 rings (SSSR count). The highest BCUT2D eigenvalue weighted by molar-refractivity contribution is 9.10. The Morgan fingerprint density at radius 3 is 2.81 bits per heavy atom. The second kappa shape index (κ2) is 7.33. The number of esters is 1. The number of carbonyl (C=O) groups excluding carboxylic acids is 1. The summed E-state index contributed by atoms with van der Waals surface area (Å²) in [4.78, 5) is 12.6. The molecule has 0 spiro atoms. The molecule has 7 heteroatoms. The highest BCUT2D eigenvalue weighted by atomic mass is 79.9. The summed E-state index contributed by atoms with van der Waals surface area (Å²) in [5.41, 5.74) is 6.53. The van der Waals surface area contributed by atoms with E-state index in [1.54, 1.807) is 19.9 Å². The van der Waals surface area contributed by atoms with Crippen LogP contribution < -0.4 is 5.73 Å². The van der Waals surface area contributed by atoms with Crippen LogP contribution in [0.5, 0.6) is 5.75 Å². The van der Waals surface area contributed by atoms with E-state index in [-0.39, 0.29) is 35.1 Å². The number of rotatable bonds is 3. The molecule has 1 unspecified atom stereocenters. The van der Waals surface area contributed by atoms with Crippen molar-refractivity contribution in [1.29, 1.82) is 5.26 Å². The summed E-state index contributed by atoms with van der Waals surface area (Å²) in [5.74, 6) is -1.42. The van der Waals surface area contributed by atoms with Crippen molar-refractivity contribution < 1.29 is 19.4 Å². The van der Waals surface area contributed by atoms with Crippen molar-refractivity contribution in [3.63, 3.8) is 0 Å². The molecular weight excluding hydrogens is 412 g/mol. The Balaban J connectivity index is 2.35. The van der Waals surface area contributed by atoms with E-state index in [1.165, 1.54) is 6.07 Å². The van der Waals surface area contributed by atoms with Crippen LogP contribution in [0, 0.1) is 11.3 Å². The van der Waals surface area contributed by atoms with E-state index < -0.39 is 11.9 Å². The Morgan fingerprint density at radius 2 is 2.15 bits per heavy atom. The average molecular weight is 429 g/mol. The summed E-state index contributed by atoms with van der Waals surface area (Å²) >= 11 is 3.42. The summed E-state index contributed by atoms with van der Waals surface area (Å²) in [6, 6.07) is 10.8. The number of phenols is 1. The van der Waals surface area contributed by atoms with Crippen LogP contribution in [0.2, 0.25) is 0 Å². The lowest BCUT2D eigenvalue weighted by atomic mass is 9.80. The summed E-state index contributed by atoms with van der Waals surface area (Å²) in [5, 5.41) is 21.9. The zero-order valence-electron chi connectivity index (χ0n) is 14.7. The minimum absolute atomic E-state index is 0.0492. The Kier molecular flexibility index (Phi) is 5.10. The standard InChI is InChI=1S/C20H17BrN2O4/c1-3-26-20(25)16-10(2)27-19(23)14(9-22)18(16)17-13-6-5-12(21)8-11(13)4-7-15(17)24/h4-8,18,24H,3,23H2,1-2H3. The third kappa shape index (κ3) is 3.24. The molecular formula is C20H17BrN2O4. The molecule has 138 valence electrons. The number of allylic oxidation sites excluding steroid dienone is 2. The van der Waals surface area contributed by atoms with Gasteiger partial charge in [-0.1, -0.05) is 28.1 Å². The molecule has 1 atom stereocenters. The molecule has 1 heterocycles. The fourth-order valence-corrected chi connectivity index (χ4v) is 3.64. The first-order chi connectivity index (χ1) is 12.9. The zero-order valence-corrected chi connectivity index (χ0v) is 16.3. The molecule has 3 N–H and O–H groups in total. The van der Waals surface area contributed by atoms with Crippen LogP contribution in [0.4, 0.5) is 0 Å². The topological polar surface area (TPSA) is 106 Å². The minimum atomic E-state index is -0.896. The first-order valence-corrected chi connectivity index (χ1v) is 9.04. The number of hydrogen-bond donors (Lipinski definition) is 2. The summed E-state index contributed by atoms with van der Waals surface area (Å²) in [6.07, 6.45) is 0. The Bertz CT molecular complexity index is 1050. The van der Waals surface area contributed by atoms with Crippen molar-refractivity contribution in [3.8, 4) is 11.8 Å². The Morgan fingerprint density at radius 1 is 1.41 bits per heavy atom. The van der Waals surface area contributed by atoms with E-state index in [1.807, 2.05) is 24.3 Å². The minimum Gasteiger partial charge on any atom is -0.508 e. The lowest BCUT2D eigenvalue weighted by Crippen LogP contribution is -2.25. The van der Waals surface area contributed by atoms with Gasteiger partial charge in [0.15, 0.2) is 0 Å². The van der Waals surface area contributed by atoms with Crippen LogP contribution in [0.15, 0.2) is 57.6 Å². The molecule has 0 bridgehead atoms. The highest BCUT2D eigenvalue weighted by Gasteiger charge is 2.38. The number of phenolic OH excluding ortho intramolecular Hbond substituents is 1. The predicted octanol–water partition coefficient (Wildman–Crippen LogP) is 3.95. The van der Waals surface area contributed by atoms with Crippen molar-refractivity contribution >= 4 is 32.7 Å². The number of nitrogens with two attached hydrogens (primary N) is 1. The smallest absolute Gasteiger partial charge is 0.338 e. The van der Waals surface area contributed by atoms with Gasteiger partial charge in [-0.15, -0.1) is 0 Å². The number of hydrogen-bond acceptors (Lipinski definition) is 6. The van der Waals surface area contributed by atoms with Gasteiger partial charge in [0.25, 0.3) is 0 Å². The Hall–Kier alpha value is -2.98. The first kappa shape index (κ1) is 18.8. The maximum Gasteiger partial charge on any atom is 0.338 e. The molecule has 6 nitrogen and oxygen atoms in total. The van der Waals surface area contributed by atoms with E-state index in [4.69, 9.17) is 15.2 Å². The maximum atomic E-state index is 12.6. The number of carbonyl (C=O) groups is 1. The lowest BCUT2D eigenvalue weighted by molar-refractivity contribution is -0.139. The van der Waals surface area contributed by atoms with E-state index in [9.17, 15) is 15.2 Å². The van der Waals surface area contributed by atoms with Crippen molar-refractivity contribution in [3.05, 3.63) is 63.2 Å². The van der Waals surface area contributed by atoms with Gasteiger partial charge in [0.05, 0.1) is 18.1 Å². The van der Waals surface area contributed by atoms with Gasteiger partial charge in [-0.25, -0.2) is 4.79 Å². The van der Waals surface area contributed by atoms with Crippen LogP contribution in [0.3, 0.4) is 0 Å².